The van der Waals surface area contributed by atoms with Gasteiger partial charge in [0.05, 0.1) is 5.56 Å². The van der Waals surface area contributed by atoms with Gasteiger partial charge in [-0.05, 0) is 37.2 Å². The minimum atomic E-state index is -0.164. The molecule has 0 aliphatic heterocycles. The summed E-state index contributed by atoms with van der Waals surface area (Å²) in [6.45, 7) is 7.92. The predicted molar refractivity (Wildman–Crippen MR) is 101 cm³/mol. The van der Waals surface area contributed by atoms with Crippen LogP contribution in [0.5, 0.6) is 0 Å². The molecule has 0 saturated heterocycles. The molecule has 0 spiro atoms. The quantitative estimate of drug-likeness (QED) is 0.845. The minimum Gasteiger partial charge on any atom is -0.351 e. The molecule has 25 heavy (non-hydrogen) atoms. The van der Waals surface area contributed by atoms with Crippen LogP contribution in [0.1, 0.15) is 36.7 Å². The van der Waals surface area contributed by atoms with Crippen molar-refractivity contribution >= 4 is 17.5 Å². The van der Waals surface area contributed by atoms with Gasteiger partial charge in [-0.3, -0.25) is 4.79 Å². The van der Waals surface area contributed by atoms with E-state index in [4.69, 9.17) is 0 Å². The Labute approximate surface area is 149 Å². The monoisotopic (exact) mass is 341 g/mol. The van der Waals surface area contributed by atoms with Crippen molar-refractivity contribution in [2.24, 2.45) is 0 Å². The molecule has 0 bridgehead atoms. The molecule has 1 aromatic heterocycles. The molecule has 134 valence electrons. The Morgan fingerprint density at radius 2 is 1.68 bits per heavy atom. The largest absolute Gasteiger partial charge is 0.351 e. The summed E-state index contributed by atoms with van der Waals surface area (Å²) in [5, 5.41) is 5.98. The van der Waals surface area contributed by atoms with Gasteiger partial charge in [-0.25, -0.2) is 9.97 Å². The van der Waals surface area contributed by atoms with E-state index in [-0.39, 0.29) is 11.3 Å². The second-order valence-electron chi connectivity index (χ2n) is 7.31. The Morgan fingerprint density at radius 1 is 1.08 bits per heavy atom. The van der Waals surface area contributed by atoms with Crippen LogP contribution < -0.4 is 10.6 Å². The molecule has 0 unspecified atom stereocenters. The van der Waals surface area contributed by atoms with E-state index in [1.165, 1.54) is 18.0 Å². The van der Waals surface area contributed by atoms with Crippen LogP contribution in [0.2, 0.25) is 0 Å². The van der Waals surface area contributed by atoms with Gasteiger partial charge in [0.2, 0.25) is 5.95 Å². The standard InChI is InChI=1S/C19H27N5O/c1-19(2,3)15-6-8-16(9-7-15)23-18-21-12-14(13-22-18)17(25)20-10-11-24(4)5/h6-9,12-13H,10-11H2,1-5H3,(H,20,25)(H,21,22,23). The number of anilines is 2. The molecular formula is C19H27N5O. The zero-order valence-electron chi connectivity index (χ0n) is 15.6. The van der Waals surface area contributed by atoms with Gasteiger partial charge in [-0.1, -0.05) is 32.9 Å². The maximum atomic E-state index is 12.0. The summed E-state index contributed by atoms with van der Waals surface area (Å²) in [7, 11) is 3.92. The molecule has 0 fully saturated rings. The molecule has 2 aromatic rings. The third-order valence-electron chi connectivity index (χ3n) is 3.77. The molecule has 0 atom stereocenters. The van der Waals surface area contributed by atoms with Gasteiger partial charge >= 0.3 is 0 Å². The minimum absolute atomic E-state index is 0.122. The number of amides is 1. The van der Waals surface area contributed by atoms with E-state index >= 15 is 0 Å². The number of benzene rings is 1. The maximum absolute atomic E-state index is 12.0. The number of carbonyl (C=O) groups excluding carboxylic acids is 1. The van der Waals surface area contributed by atoms with Gasteiger partial charge in [-0.15, -0.1) is 0 Å². The molecule has 6 heteroatoms. The molecule has 0 radical (unpaired) electrons. The number of hydrogen-bond acceptors (Lipinski definition) is 5. The molecule has 1 aromatic carbocycles. The molecule has 1 heterocycles. The lowest BCUT2D eigenvalue weighted by atomic mass is 9.87. The maximum Gasteiger partial charge on any atom is 0.254 e. The van der Waals surface area contributed by atoms with E-state index < -0.39 is 0 Å². The van der Waals surface area contributed by atoms with Crippen LogP contribution in [0.25, 0.3) is 0 Å². The van der Waals surface area contributed by atoms with Gasteiger partial charge in [0.1, 0.15) is 0 Å². The van der Waals surface area contributed by atoms with Crippen molar-refractivity contribution in [1.82, 2.24) is 20.2 Å². The summed E-state index contributed by atoms with van der Waals surface area (Å²) in [6, 6.07) is 8.20. The van der Waals surface area contributed by atoms with E-state index in [9.17, 15) is 4.79 Å². The van der Waals surface area contributed by atoms with Crippen LogP contribution in [0.4, 0.5) is 11.6 Å². The van der Waals surface area contributed by atoms with Crippen LogP contribution in [0.3, 0.4) is 0 Å². The van der Waals surface area contributed by atoms with Crippen molar-refractivity contribution in [1.29, 1.82) is 0 Å². The molecular weight excluding hydrogens is 314 g/mol. The SMILES string of the molecule is CN(C)CCNC(=O)c1cnc(Nc2ccc(C(C)(C)C)cc2)nc1. The van der Waals surface area contributed by atoms with Gasteiger partial charge in [0, 0.05) is 31.2 Å². The van der Waals surface area contributed by atoms with Crippen LogP contribution >= 0.6 is 0 Å². The highest BCUT2D eigenvalue weighted by atomic mass is 16.1. The first-order valence-electron chi connectivity index (χ1n) is 8.38. The van der Waals surface area contributed by atoms with Crippen LogP contribution in [0.15, 0.2) is 36.7 Å². The molecule has 6 nitrogen and oxygen atoms in total. The third-order valence-corrected chi connectivity index (χ3v) is 3.77. The molecule has 2 rings (SSSR count). The summed E-state index contributed by atoms with van der Waals surface area (Å²) in [6.07, 6.45) is 3.06. The fraction of sp³-hybridized carbons (Fsp3) is 0.421. The van der Waals surface area contributed by atoms with Gasteiger partial charge in [-0.2, -0.15) is 0 Å². The first-order valence-corrected chi connectivity index (χ1v) is 8.38. The number of hydrogen-bond donors (Lipinski definition) is 2. The normalized spacial score (nSPS) is 11.4. The Balaban J connectivity index is 1.95. The van der Waals surface area contributed by atoms with Crippen molar-refractivity contribution in [3.8, 4) is 0 Å². The molecule has 2 N–H and O–H groups in total. The van der Waals surface area contributed by atoms with E-state index in [1.807, 2.05) is 31.1 Å². The topological polar surface area (TPSA) is 70.2 Å². The summed E-state index contributed by atoms with van der Waals surface area (Å²) in [5.74, 6) is 0.302. The van der Waals surface area contributed by atoms with Crippen LogP contribution in [0, 0.1) is 0 Å². The Bertz CT molecular complexity index is 687. The average molecular weight is 341 g/mol. The highest BCUT2D eigenvalue weighted by molar-refractivity contribution is 5.93. The highest BCUT2D eigenvalue weighted by Crippen LogP contribution is 2.24. The van der Waals surface area contributed by atoms with Crippen molar-refractivity contribution in [3.63, 3.8) is 0 Å². The lowest BCUT2D eigenvalue weighted by Crippen LogP contribution is -2.31. The summed E-state index contributed by atoms with van der Waals surface area (Å²) >= 11 is 0. The summed E-state index contributed by atoms with van der Waals surface area (Å²) < 4.78 is 0. The second kappa shape index (κ2) is 8.07. The third kappa shape index (κ3) is 5.83. The summed E-state index contributed by atoms with van der Waals surface area (Å²) in [5.41, 5.74) is 2.75. The van der Waals surface area contributed by atoms with Gasteiger partial charge in [0.25, 0.3) is 5.91 Å². The van der Waals surface area contributed by atoms with Crippen molar-refractivity contribution in [3.05, 3.63) is 47.8 Å². The Kier molecular flexibility index (Phi) is 6.09. The van der Waals surface area contributed by atoms with E-state index in [2.05, 4.69) is 53.5 Å². The molecule has 0 aliphatic rings. The number of nitrogens with one attached hydrogen (secondary N) is 2. The van der Waals surface area contributed by atoms with Crippen molar-refractivity contribution < 1.29 is 4.79 Å². The first kappa shape index (κ1) is 18.9. The van der Waals surface area contributed by atoms with E-state index in [0.717, 1.165) is 12.2 Å². The van der Waals surface area contributed by atoms with E-state index in [1.54, 1.807) is 0 Å². The predicted octanol–water partition coefficient (Wildman–Crippen LogP) is 2.81. The number of likely N-dealkylation sites (N-methyl/N-ethyl adjacent to an activating group) is 1. The molecule has 0 aliphatic carbocycles. The van der Waals surface area contributed by atoms with E-state index in [0.29, 0.717) is 18.1 Å². The zero-order valence-corrected chi connectivity index (χ0v) is 15.6. The fourth-order valence-electron chi connectivity index (χ4n) is 2.19. The second-order valence-corrected chi connectivity index (χ2v) is 7.31. The van der Waals surface area contributed by atoms with Gasteiger partial charge in [0.15, 0.2) is 0 Å². The molecule has 0 saturated carbocycles. The average Bonchev–Trinajstić information content (AvgIpc) is 2.55. The smallest absolute Gasteiger partial charge is 0.254 e. The van der Waals surface area contributed by atoms with Crippen LogP contribution in [-0.4, -0.2) is 48.0 Å². The number of aromatic nitrogens is 2. The molecule has 1 amide bonds. The zero-order chi connectivity index (χ0) is 18.4. The van der Waals surface area contributed by atoms with Crippen molar-refractivity contribution in [2.45, 2.75) is 26.2 Å². The van der Waals surface area contributed by atoms with Crippen LogP contribution in [-0.2, 0) is 5.41 Å². The Morgan fingerprint density at radius 3 is 2.20 bits per heavy atom. The van der Waals surface area contributed by atoms with Crippen molar-refractivity contribution in [2.75, 3.05) is 32.5 Å². The first-order chi connectivity index (χ1) is 11.8. The highest BCUT2D eigenvalue weighted by Gasteiger charge is 2.13. The number of rotatable bonds is 6. The fourth-order valence-corrected chi connectivity index (χ4v) is 2.19. The Hall–Kier alpha value is -2.47. The van der Waals surface area contributed by atoms with Gasteiger partial charge < -0.3 is 15.5 Å². The number of nitrogens with zero attached hydrogens (tertiary/aromatic N) is 3. The number of carbonyl (C=O) groups is 1. The lowest BCUT2D eigenvalue weighted by molar-refractivity contribution is 0.0950. The lowest BCUT2D eigenvalue weighted by Gasteiger charge is -2.19. The summed E-state index contributed by atoms with van der Waals surface area (Å²) in [4.78, 5) is 22.4.